The van der Waals surface area contributed by atoms with Gasteiger partial charge in [0.05, 0.1) is 17.7 Å². The summed E-state index contributed by atoms with van der Waals surface area (Å²) in [5.41, 5.74) is 0.454. The zero-order valence-corrected chi connectivity index (χ0v) is 18.3. The molecule has 3 unspecified atom stereocenters. The van der Waals surface area contributed by atoms with Gasteiger partial charge in [-0.15, -0.1) is 0 Å². The largest absolute Gasteiger partial charge is 0.388 e. The quantitative estimate of drug-likeness (QED) is 0.731. The second kappa shape index (κ2) is 9.49. The van der Waals surface area contributed by atoms with Crippen molar-refractivity contribution >= 4 is 5.91 Å². The van der Waals surface area contributed by atoms with Crippen LogP contribution in [0.3, 0.4) is 0 Å². The van der Waals surface area contributed by atoms with Crippen LogP contribution < -0.4 is 5.32 Å². The second-order valence-corrected chi connectivity index (χ2v) is 9.42. The minimum absolute atomic E-state index is 0.115. The van der Waals surface area contributed by atoms with Gasteiger partial charge < -0.3 is 10.4 Å². The fraction of sp³-hybridized carbons (Fsp3) is 0.500. The summed E-state index contributed by atoms with van der Waals surface area (Å²) in [5, 5.41) is 14.4. The fourth-order valence-corrected chi connectivity index (χ4v) is 5.24. The van der Waals surface area contributed by atoms with Crippen molar-refractivity contribution in [1.82, 2.24) is 10.2 Å². The number of rotatable bonds is 5. The molecule has 166 valence electrons. The van der Waals surface area contributed by atoms with Crippen molar-refractivity contribution in [2.75, 3.05) is 13.1 Å². The molecule has 2 aromatic rings. The lowest BCUT2D eigenvalue weighted by Gasteiger charge is -2.50. The standard InChI is InChI=1S/C26H33FN2O2/c1-26(31)16-17-29(18-19-8-4-2-5-9-19)23(20-10-6-3-7-11-20)24(26)28-25(30)21-12-14-22(27)15-13-21/h3,6-7,10-15,19,23-24,31H,2,4-5,8-9,16-18H2,1H3,(H,28,30). The van der Waals surface area contributed by atoms with E-state index in [0.717, 1.165) is 18.7 Å². The summed E-state index contributed by atoms with van der Waals surface area (Å²) in [6.45, 7) is 3.60. The lowest BCUT2D eigenvalue weighted by molar-refractivity contribution is -0.0684. The molecule has 1 aliphatic carbocycles. The summed E-state index contributed by atoms with van der Waals surface area (Å²) in [5.74, 6) is 0.00390. The number of amides is 1. The summed E-state index contributed by atoms with van der Waals surface area (Å²) in [6, 6.07) is 15.1. The first-order valence-electron chi connectivity index (χ1n) is 11.5. The molecule has 1 amide bonds. The summed E-state index contributed by atoms with van der Waals surface area (Å²) >= 11 is 0. The van der Waals surface area contributed by atoms with E-state index in [2.05, 4.69) is 22.3 Å². The minimum atomic E-state index is -1.04. The number of hydrogen-bond acceptors (Lipinski definition) is 3. The molecule has 1 heterocycles. The van der Waals surface area contributed by atoms with Gasteiger partial charge in [-0.2, -0.15) is 0 Å². The number of benzene rings is 2. The van der Waals surface area contributed by atoms with Gasteiger partial charge in [-0.25, -0.2) is 4.39 Å². The summed E-state index contributed by atoms with van der Waals surface area (Å²) in [6.07, 6.45) is 7.00. The molecule has 5 heteroatoms. The van der Waals surface area contributed by atoms with Crippen molar-refractivity contribution in [1.29, 1.82) is 0 Å². The van der Waals surface area contributed by atoms with E-state index in [0.29, 0.717) is 17.9 Å². The molecule has 3 atom stereocenters. The first-order chi connectivity index (χ1) is 14.9. The third-order valence-electron chi connectivity index (χ3n) is 7.04. The molecule has 0 aromatic heterocycles. The predicted octanol–water partition coefficient (Wildman–Crippen LogP) is 4.70. The van der Waals surface area contributed by atoms with Crippen LogP contribution in [0.2, 0.25) is 0 Å². The van der Waals surface area contributed by atoms with Crippen LogP contribution in [0.5, 0.6) is 0 Å². The molecule has 2 aromatic carbocycles. The smallest absolute Gasteiger partial charge is 0.251 e. The van der Waals surface area contributed by atoms with Crippen molar-refractivity contribution in [3.05, 3.63) is 71.5 Å². The van der Waals surface area contributed by atoms with Crippen LogP contribution in [0.15, 0.2) is 54.6 Å². The van der Waals surface area contributed by atoms with Crippen LogP contribution in [0.25, 0.3) is 0 Å². The number of halogens is 1. The summed E-state index contributed by atoms with van der Waals surface area (Å²) < 4.78 is 13.3. The van der Waals surface area contributed by atoms with Gasteiger partial charge in [0.15, 0.2) is 0 Å². The molecule has 0 spiro atoms. The molecule has 1 saturated heterocycles. The van der Waals surface area contributed by atoms with E-state index >= 15 is 0 Å². The van der Waals surface area contributed by atoms with Crippen LogP contribution in [-0.4, -0.2) is 40.6 Å². The second-order valence-electron chi connectivity index (χ2n) is 9.42. The Kier molecular flexibility index (Phi) is 6.73. The first-order valence-corrected chi connectivity index (χ1v) is 11.5. The first kappa shape index (κ1) is 22.0. The monoisotopic (exact) mass is 424 g/mol. The topological polar surface area (TPSA) is 52.6 Å². The Morgan fingerprint density at radius 3 is 2.45 bits per heavy atom. The third kappa shape index (κ3) is 5.16. The molecule has 1 saturated carbocycles. The van der Waals surface area contributed by atoms with Gasteiger partial charge in [0.1, 0.15) is 5.82 Å². The van der Waals surface area contributed by atoms with Gasteiger partial charge in [-0.1, -0.05) is 49.6 Å². The molecule has 0 radical (unpaired) electrons. The average molecular weight is 425 g/mol. The lowest BCUT2D eigenvalue weighted by atomic mass is 9.78. The lowest BCUT2D eigenvalue weighted by Crippen LogP contribution is -2.63. The van der Waals surface area contributed by atoms with Gasteiger partial charge in [0, 0.05) is 18.7 Å². The Balaban J connectivity index is 1.62. The highest BCUT2D eigenvalue weighted by Crippen LogP contribution is 2.39. The van der Waals surface area contributed by atoms with Crippen molar-refractivity contribution in [2.45, 2.75) is 63.1 Å². The van der Waals surface area contributed by atoms with E-state index in [4.69, 9.17) is 0 Å². The van der Waals surface area contributed by atoms with Crippen LogP contribution in [-0.2, 0) is 0 Å². The zero-order chi connectivity index (χ0) is 21.8. The normalized spacial score (nSPS) is 27.7. The molecule has 1 aliphatic heterocycles. The minimum Gasteiger partial charge on any atom is -0.388 e. The highest BCUT2D eigenvalue weighted by molar-refractivity contribution is 5.94. The van der Waals surface area contributed by atoms with Crippen molar-refractivity contribution in [2.24, 2.45) is 5.92 Å². The number of carbonyl (C=O) groups is 1. The molecule has 2 N–H and O–H groups in total. The number of piperidine rings is 1. The van der Waals surface area contributed by atoms with Gasteiger partial charge in [-0.3, -0.25) is 9.69 Å². The highest BCUT2D eigenvalue weighted by Gasteiger charge is 2.46. The maximum atomic E-state index is 13.3. The number of carbonyl (C=O) groups excluding carboxylic acids is 1. The Bertz CT molecular complexity index is 863. The number of nitrogens with zero attached hydrogens (tertiary/aromatic N) is 1. The maximum Gasteiger partial charge on any atom is 0.251 e. The molecule has 4 rings (SSSR count). The fourth-order valence-electron chi connectivity index (χ4n) is 5.24. The number of aliphatic hydroxyl groups is 1. The van der Waals surface area contributed by atoms with E-state index < -0.39 is 11.6 Å². The van der Waals surface area contributed by atoms with Gasteiger partial charge in [-0.05, 0) is 61.9 Å². The van der Waals surface area contributed by atoms with E-state index in [1.807, 2.05) is 25.1 Å². The highest BCUT2D eigenvalue weighted by atomic mass is 19.1. The van der Waals surface area contributed by atoms with Crippen molar-refractivity contribution in [3.8, 4) is 0 Å². The summed E-state index contributed by atoms with van der Waals surface area (Å²) in [7, 11) is 0. The van der Waals surface area contributed by atoms with E-state index in [-0.39, 0.29) is 17.8 Å². The predicted molar refractivity (Wildman–Crippen MR) is 120 cm³/mol. The van der Waals surface area contributed by atoms with Gasteiger partial charge in [0.25, 0.3) is 5.91 Å². The summed E-state index contributed by atoms with van der Waals surface area (Å²) in [4.78, 5) is 15.5. The molecule has 2 aliphatic rings. The third-order valence-corrected chi connectivity index (χ3v) is 7.04. The SMILES string of the molecule is CC1(O)CCN(CC2CCCCC2)C(c2ccccc2)C1NC(=O)c1ccc(F)cc1. The van der Waals surface area contributed by atoms with Gasteiger partial charge in [0.2, 0.25) is 0 Å². The van der Waals surface area contributed by atoms with Crippen molar-refractivity contribution < 1.29 is 14.3 Å². The molecule has 2 fully saturated rings. The Morgan fingerprint density at radius 1 is 1.10 bits per heavy atom. The van der Waals surface area contributed by atoms with E-state index in [1.165, 1.54) is 56.4 Å². The molecule has 4 nitrogen and oxygen atoms in total. The van der Waals surface area contributed by atoms with E-state index in [1.54, 1.807) is 0 Å². The Labute approximate surface area is 184 Å². The molecule has 31 heavy (non-hydrogen) atoms. The molecular formula is C26H33FN2O2. The Morgan fingerprint density at radius 2 is 1.77 bits per heavy atom. The molecular weight excluding hydrogens is 391 g/mol. The average Bonchev–Trinajstić information content (AvgIpc) is 2.78. The van der Waals surface area contributed by atoms with Crippen LogP contribution in [0.4, 0.5) is 4.39 Å². The van der Waals surface area contributed by atoms with Crippen LogP contribution in [0.1, 0.15) is 67.4 Å². The van der Waals surface area contributed by atoms with E-state index in [9.17, 15) is 14.3 Å². The van der Waals surface area contributed by atoms with Gasteiger partial charge >= 0.3 is 0 Å². The maximum absolute atomic E-state index is 13.3. The Hall–Kier alpha value is -2.24. The zero-order valence-electron chi connectivity index (χ0n) is 18.3. The number of nitrogens with one attached hydrogen (secondary N) is 1. The van der Waals surface area contributed by atoms with Crippen LogP contribution >= 0.6 is 0 Å². The number of hydrogen-bond donors (Lipinski definition) is 2. The van der Waals surface area contributed by atoms with Crippen LogP contribution in [0, 0.1) is 11.7 Å². The van der Waals surface area contributed by atoms with Crippen molar-refractivity contribution in [3.63, 3.8) is 0 Å². The molecule has 0 bridgehead atoms. The number of likely N-dealkylation sites (tertiary alicyclic amines) is 1.